The van der Waals surface area contributed by atoms with Gasteiger partial charge in [-0.1, -0.05) is 51.0 Å². The molecule has 2 atom stereocenters. The Morgan fingerprint density at radius 1 is 0.875 bits per heavy atom. The molecule has 1 fully saturated rings. The molecule has 0 amide bonds. The molecule has 1 aromatic rings. The summed E-state index contributed by atoms with van der Waals surface area (Å²) in [7, 11) is 0. The zero-order chi connectivity index (χ0) is 29.1. The smallest absolute Gasteiger partial charge is 0.353 e. The normalized spacial score (nSPS) is 22.9. The topological polar surface area (TPSA) is 121 Å². The van der Waals surface area contributed by atoms with Crippen LogP contribution in [0.1, 0.15) is 40.5 Å². The van der Waals surface area contributed by atoms with Crippen LogP contribution in [0.3, 0.4) is 0 Å². The molecule has 1 saturated heterocycles. The first-order valence-electron chi connectivity index (χ1n) is 13.9. The Morgan fingerprint density at radius 2 is 1.50 bits per heavy atom. The van der Waals surface area contributed by atoms with Crippen LogP contribution >= 0.6 is 11.0 Å². The van der Waals surface area contributed by atoms with Crippen molar-refractivity contribution in [3.8, 4) is 5.75 Å². The zero-order valence-electron chi connectivity index (χ0n) is 23.9. The quantitative estimate of drug-likeness (QED) is 0.321. The number of ether oxygens (including phenoxy) is 1. The van der Waals surface area contributed by atoms with Gasteiger partial charge in [0.1, 0.15) is 12.4 Å². The van der Waals surface area contributed by atoms with Gasteiger partial charge in [-0.3, -0.25) is 9.59 Å². The number of benzene rings is 1. The maximum atomic E-state index is 13.0. The molecule has 2 bridgehead atoms. The van der Waals surface area contributed by atoms with Crippen molar-refractivity contribution in [1.82, 2.24) is 19.8 Å². The fourth-order valence-corrected chi connectivity index (χ4v) is 5.78. The number of aliphatic hydroxyl groups is 1. The lowest BCUT2D eigenvalue weighted by molar-refractivity contribution is -0.184. The molecule has 0 radical (unpaired) electrons. The molecule has 12 nitrogen and oxygen atoms in total. The summed E-state index contributed by atoms with van der Waals surface area (Å²) < 4.78 is 17.2. The molecule has 2 unspecified atom stereocenters. The predicted molar refractivity (Wildman–Crippen MR) is 151 cm³/mol. The standard InChI is InChI=1S/C27H42N4O8S/c1-5-28(6-2)14-16-30(18-19-36-22-12-10-9-11-13-22)26-31(17-15-29(7-3)8-4)37-23(32)20-27(35)21-24(33)38-40(26)39-25(27)34/h9-13,35H,5-8,14-21H2,1-4H3. The Hall–Kier alpha value is -2.55. The van der Waals surface area contributed by atoms with Gasteiger partial charge in [-0.2, -0.15) is 0 Å². The molecule has 2 aliphatic heterocycles. The van der Waals surface area contributed by atoms with E-state index in [0.717, 1.165) is 26.2 Å². The molecular weight excluding hydrogens is 540 g/mol. The molecule has 1 N–H and O–H groups in total. The minimum atomic E-state index is -2.36. The average Bonchev–Trinajstić information content (AvgIpc) is 3.01. The van der Waals surface area contributed by atoms with Crippen molar-refractivity contribution < 1.29 is 37.4 Å². The van der Waals surface area contributed by atoms with Crippen LogP contribution in [0.25, 0.3) is 0 Å². The molecule has 0 spiro atoms. The van der Waals surface area contributed by atoms with Gasteiger partial charge in [-0.25, -0.2) is 9.69 Å². The SMILES string of the molecule is CCN(CC)CCN(CCOc1ccccc1)/C1=S2\OC(=O)CC(O)(CC(=O)ON1CCN(CC)CC)C(=O)O2. The molecule has 1 aromatic carbocycles. The summed E-state index contributed by atoms with van der Waals surface area (Å²) in [6, 6.07) is 9.35. The van der Waals surface area contributed by atoms with E-state index in [2.05, 4.69) is 23.6 Å². The number of likely N-dealkylation sites (N-methyl/N-ethyl adjacent to an activating group) is 2. The zero-order valence-corrected chi connectivity index (χ0v) is 24.7. The number of nitrogens with zero attached hydrogens (tertiary/aromatic N) is 4. The van der Waals surface area contributed by atoms with Crippen LogP contribution in [0.2, 0.25) is 0 Å². The molecule has 40 heavy (non-hydrogen) atoms. The Labute approximate surface area is 239 Å². The van der Waals surface area contributed by atoms with Crippen LogP contribution in [0.5, 0.6) is 5.75 Å². The third-order valence-corrected chi connectivity index (χ3v) is 8.29. The highest BCUT2D eigenvalue weighted by Gasteiger charge is 2.49. The van der Waals surface area contributed by atoms with Crippen molar-refractivity contribution in [2.75, 3.05) is 65.5 Å². The maximum absolute atomic E-state index is 13.0. The molecule has 224 valence electrons. The van der Waals surface area contributed by atoms with Gasteiger partial charge in [0.2, 0.25) is 16.2 Å². The van der Waals surface area contributed by atoms with Crippen LogP contribution < -0.4 is 4.74 Å². The van der Waals surface area contributed by atoms with E-state index in [-0.39, 0.29) is 18.3 Å². The third kappa shape index (κ3) is 8.72. The first kappa shape index (κ1) is 32.0. The van der Waals surface area contributed by atoms with Crippen molar-refractivity contribution >= 4 is 34.1 Å². The summed E-state index contributed by atoms with van der Waals surface area (Å²) in [5, 5.41) is 12.5. The van der Waals surface area contributed by atoms with Gasteiger partial charge >= 0.3 is 17.9 Å². The van der Waals surface area contributed by atoms with E-state index in [1.54, 1.807) is 0 Å². The second kappa shape index (κ2) is 15.5. The van der Waals surface area contributed by atoms with Gasteiger partial charge in [0, 0.05) is 26.2 Å². The monoisotopic (exact) mass is 582 g/mol. The highest BCUT2D eigenvalue weighted by atomic mass is 32.2. The molecule has 3 rings (SSSR count). The van der Waals surface area contributed by atoms with Crippen LogP contribution in [-0.4, -0.2) is 119 Å². The van der Waals surface area contributed by atoms with Crippen LogP contribution in [0, 0.1) is 0 Å². The molecule has 2 aliphatic rings. The largest absolute Gasteiger partial charge is 0.492 e. The number of rotatable bonds is 14. The molecule has 0 saturated carbocycles. The number of carbonyl (C=O) groups excluding carboxylic acids is 3. The van der Waals surface area contributed by atoms with Crippen molar-refractivity contribution in [3.63, 3.8) is 0 Å². The lowest BCUT2D eigenvalue weighted by Crippen LogP contribution is -2.51. The van der Waals surface area contributed by atoms with Gasteiger partial charge in [0.05, 0.1) is 19.4 Å². The minimum absolute atomic E-state index is 0.220. The van der Waals surface area contributed by atoms with E-state index in [9.17, 15) is 19.5 Å². The van der Waals surface area contributed by atoms with Crippen LogP contribution in [0.15, 0.2) is 30.3 Å². The van der Waals surface area contributed by atoms with Gasteiger partial charge in [0.25, 0.3) is 0 Å². The van der Waals surface area contributed by atoms with E-state index in [1.165, 1.54) is 5.06 Å². The van der Waals surface area contributed by atoms with E-state index in [1.807, 2.05) is 49.1 Å². The summed E-state index contributed by atoms with van der Waals surface area (Å²) >= 11 is -1.89. The van der Waals surface area contributed by atoms with Gasteiger partial charge in [-0.05, 0) is 38.3 Å². The lowest BCUT2D eigenvalue weighted by atomic mass is 9.96. The maximum Gasteiger partial charge on any atom is 0.353 e. The highest BCUT2D eigenvalue weighted by Crippen LogP contribution is 2.35. The fourth-order valence-electron chi connectivity index (χ4n) is 4.39. The Morgan fingerprint density at radius 3 is 2.15 bits per heavy atom. The van der Waals surface area contributed by atoms with Crippen molar-refractivity contribution in [2.24, 2.45) is 0 Å². The number of fused-ring (bicyclic) bond motifs is 3. The van der Waals surface area contributed by atoms with E-state index < -0.39 is 47.4 Å². The van der Waals surface area contributed by atoms with Gasteiger partial charge < -0.3 is 32.8 Å². The first-order valence-corrected chi connectivity index (χ1v) is 14.9. The number of hydrogen-bond acceptors (Lipinski definition) is 12. The second-order valence-electron chi connectivity index (χ2n) is 9.50. The minimum Gasteiger partial charge on any atom is -0.492 e. The summed E-state index contributed by atoms with van der Waals surface area (Å²) in [4.78, 5) is 50.8. The molecule has 2 heterocycles. The molecule has 0 aromatic heterocycles. The Bertz CT molecular complexity index is 1030. The third-order valence-electron chi connectivity index (χ3n) is 6.89. The molecular formula is C27H42N4O8S. The number of hydrogen-bond donors (Lipinski definition) is 1. The molecule has 13 heteroatoms. The van der Waals surface area contributed by atoms with Crippen LogP contribution in [-0.2, 0) is 27.6 Å². The molecule has 0 aliphatic carbocycles. The Kier molecular flexibility index (Phi) is 12.3. The second-order valence-corrected chi connectivity index (χ2v) is 10.7. The summed E-state index contributed by atoms with van der Waals surface area (Å²) in [6.45, 7) is 13.8. The van der Waals surface area contributed by atoms with E-state index >= 15 is 0 Å². The Balaban J connectivity index is 2.04. The van der Waals surface area contributed by atoms with E-state index in [4.69, 9.17) is 17.9 Å². The lowest BCUT2D eigenvalue weighted by Gasteiger charge is -2.34. The van der Waals surface area contributed by atoms with Crippen LogP contribution in [0.4, 0.5) is 0 Å². The van der Waals surface area contributed by atoms with E-state index in [0.29, 0.717) is 31.9 Å². The number of carbonyl (C=O) groups is 3. The predicted octanol–water partition coefficient (Wildman–Crippen LogP) is 1.62. The fraction of sp³-hybridized carbons (Fsp3) is 0.630. The van der Waals surface area contributed by atoms with Crippen molar-refractivity contribution in [3.05, 3.63) is 30.3 Å². The average molecular weight is 583 g/mol. The highest BCUT2D eigenvalue weighted by molar-refractivity contribution is 8.08. The summed E-state index contributed by atoms with van der Waals surface area (Å²) in [5.41, 5.74) is -2.36. The van der Waals surface area contributed by atoms with Crippen molar-refractivity contribution in [2.45, 2.75) is 46.1 Å². The van der Waals surface area contributed by atoms with Gasteiger partial charge in [-0.15, -0.1) is 0 Å². The summed E-state index contributed by atoms with van der Waals surface area (Å²) in [5.74, 6) is -2.08. The van der Waals surface area contributed by atoms with Gasteiger partial charge in [0.15, 0.2) is 5.60 Å². The number of hydroxylamine groups is 2. The van der Waals surface area contributed by atoms with Crippen molar-refractivity contribution in [1.29, 1.82) is 0 Å². The first-order chi connectivity index (χ1) is 19.2. The summed E-state index contributed by atoms with van der Waals surface area (Å²) in [6.07, 6.45) is -1.43. The number of para-hydroxylation sites is 1.